The Balaban J connectivity index is 0.00000182. The van der Waals surface area contributed by atoms with Crippen LogP contribution in [-0.4, -0.2) is 0 Å². The summed E-state index contributed by atoms with van der Waals surface area (Å²) in [5.41, 5.74) is 7.56. The Morgan fingerprint density at radius 3 is 1.08 bits per heavy atom. The van der Waals surface area contributed by atoms with Crippen LogP contribution in [0.15, 0.2) is 109 Å². The zero-order valence-electron chi connectivity index (χ0n) is 17.4. The minimum atomic E-state index is 0. The van der Waals surface area contributed by atoms with Crippen LogP contribution in [0.2, 0.25) is 0 Å². The van der Waals surface area contributed by atoms with E-state index in [1.54, 1.807) is 0 Å². The summed E-state index contributed by atoms with van der Waals surface area (Å²) < 4.78 is 0. The maximum Gasteiger partial charge on any atom is 1.00 e. The summed E-state index contributed by atoms with van der Waals surface area (Å²) in [6, 6.07) is 38.4. The minimum Gasteiger partial charge on any atom is -1.00 e. The molecule has 0 atom stereocenters. The molecule has 4 rings (SSSR count). The third kappa shape index (κ3) is 4.58. The Kier molecular flexibility index (Phi) is 8.37. The van der Waals surface area contributed by atoms with Crippen molar-refractivity contribution in [2.24, 2.45) is 0 Å². The van der Waals surface area contributed by atoms with Gasteiger partial charge >= 0.3 is 59.1 Å². The molecule has 4 aromatic rings. The second kappa shape index (κ2) is 10.3. The molecular weight excluding hydrogens is 334 g/mol. The topological polar surface area (TPSA) is 0 Å². The molecule has 0 aliphatic rings. The van der Waals surface area contributed by atoms with Gasteiger partial charge in [0.25, 0.3) is 0 Å². The monoisotopic (exact) mass is 354 g/mol. The summed E-state index contributed by atoms with van der Waals surface area (Å²) in [5, 5.41) is 0. The van der Waals surface area contributed by atoms with Crippen LogP contribution in [0.1, 0.15) is 2.85 Å². The Hall–Kier alpha value is -1.12. The average molecular weight is 354 g/mol. The molecule has 118 valence electrons. The van der Waals surface area contributed by atoms with E-state index in [1.165, 1.54) is 33.4 Å². The van der Waals surface area contributed by atoms with Crippen molar-refractivity contribution in [1.29, 1.82) is 0 Å². The SMILES string of the molecule is [H-].[H-].[Na+].[Na+].c1ccc(-c2cccc(-c3ccccc3)c2-c2ccccc2)cc1. The van der Waals surface area contributed by atoms with Gasteiger partial charge in [0.15, 0.2) is 0 Å². The third-order valence-electron chi connectivity index (χ3n) is 4.30. The molecule has 0 bridgehead atoms. The van der Waals surface area contributed by atoms with Gasteiger partial charge in [-0.3, -0.25) is 0 Å². The normalized spacial score (nSPS) is 9.69. The van der Waals surface area contributed by atoms with Crippen molar-refractivity contribution in [3.8, 4) is 33.4 Å². The molecule has 0 unspecified atom stereocenters. The molecule has 0 heterocycles. The van der Waals surface area contributed by atoms with Crippen molar-refractivity contribution in [2.75, 3.05) is 0 Å². The van der Waals surface area contributed by atoms with Gasteiger partial charge in [-0.25, -0.2) is 0 Å². The van der Waals surface area contributed by atoms with Gasteiger partial charge in [-0.05, 0) is 33.4 Å². The summed E-state index contributed by atoms with van der Waals surface area (Å²) >= 11 is 0. The van der Waals surface area contributed by atoms with E-state index in [0.29, 0.717) is 0 Å². The molecule has 0 nitrogen and oxygen atoms in total. The smallest absolute Gasteiger partial charge is 1.00 e. The fourth-order valence-electron chi connectivity index (χ4n) is 3.18. The molecule has 0 radical (unpaired) electrons. The van der Waals surface area contributed by atoms with E-state index in [0.717, 1.165) is 0 Å². The van der Waals surface area contributed by atoms with E-state index >= 15 is 0 Å². The van der Waals surface area contributed by atoms with Gasteiger partial charge in [-0.1, -0.05) is 109 Å². The number of rotatable bonds is 3. The van der Waals surface area contributed by atoms with Crippen LogP contribution in [0, 0.1) is 0 Å². The standard InChI is InChI=1S/C24H18.2Na.2H/c1-4-11-19(12-5-1)22-17-10-18-23(20-13-6-2-7-14-20)24(22)21-15-8-3-9-16-21;;;;/h1-18H;;;;/q;2*+1;2*-1. The Bertz CT molecular complexity index is 886. The second-order valence-corrected chi connectivity index (χ2v) is 5.83. The van der Waals surface area contributed by atoms with Crippen LogP contribution in [0.25, 0.3) is 33.4 Å². The predicted molar refractivity (Wildman–Crippen MR) is 105 cm³/mol. The maximum atomic E-state index is 2.21. The molecule has 0 aliphatic heterocycles. The molecular formula is C24H20Na2. The van der Waals surface area contributed by atoms with E-state index in [2.05, 4.69) is 109 Å². The fraction of sp³-hybridized carbons (Fsp3) is 0. The maximum absolute atomic E-state index is 2.21. The molecule has 2 heteroatoms. The quantitative estimate of drug-likeness (QED) is 0.480. The van der Waals surface area contributed by atoms with Gasteiger partial charge < -0.3 is 2.85 Å². The van der Waals surface area contributed by atoms with Crippen molar-refractivity contribution in [1.82, 2.24) is 0 Å². The van der Waals surface area contributed by atoms with Crippen LogP contribution in [0.5, 0.6) is 0 Å². The Morgan fingerprint density at radius 1 is 0.346 bits per heavy atom. The molecule has 0 N–H and O–H groups in total. The molecule has 0 aromatic heterocycles. The van der Waals surface area contributed by atoms with Crippen molar-refractivity contribution in [2.45, 2.75) is 0 Å². The van der Waals surface area contributed by atoms with E-state index in [9.17, 15) is 0 Å². The summed E-state index contributed by atoms with van der Waals surface area (Å²) in [6.07, 6.45) is 0. The van der Waals surface area contributed by atoms with Crippen LogP contribution >= 0.6 is 0 Å². The van der Waals surface area contributed by atoms with E-state index in [4.69, 9.17) is 0 Å². The van der Waals surface area contributed by atoms with Gasteiger partial charge in [0.05, 0.1) is 0 Å². The second-order valence-electron chi connectivity index (χ2n) is 5.83. The predicted octanol–water partition coefficient (Wildman–Crippen LogP) is 0.921. The first-order valence-corrected chi connectivity index (χ1v) is 8.23. The number of benzene rings is 4. The fourth-order valence-corrected chi connectivity index (χ4v) is 3.18. The molecule has 0 aliphatic carbocycles. The first-order chi connectivity index (χ1) is 11.9. The molecule has 0 spiro atoms. The van der Waals surface area contributed by atoms with Crippen LogP contribution in [0.4, 0.5) is 0 Å². The van der Waals surface area contributed by atoms with Crippen molar-refractivity contribution in [3.05, 3.63) is 109 Å². The summed E-state index contributed by atoms with van der Waals surface area (Å²) in [4.78, 5) is 0. The van der Waals surface area contributed by atoms with Crippen molar-refractivity contribution in [3.63, 3.8) is 0 Å². The largest absolute Gasteiger partial charge is 1.00 e. The summed E-state index contributed by atoms with van der Waals surface area (Å²) in [7, 11) is 0. The third-order valence-corrected chi connectivity index (χ3v) is 4.30. The molecule has 4 aromatic carbocycles. The van der Waals surface area contributed by atoms with Crippen LogP contribution < -0.4 is 59.1 Å². The van der Waals surface area contributed by atoms with Crippen LogP contribution in [0.3, 0.4) is 0 Å². The number of hydrogen-bond acceptors (Lipinski definition) is 0. The molecule has 26 heavy (non-hydrogen) atoms. The van der Waals surface area contributed by atoms with Crippen LogP contribution in [-0.2, 0) is 0 Å². The molecule has 0 saturated heterocycles. The van der Waals surface area contributed by atoms with Crippen molar-refractivity contribution >= 4 is 0 Å². The zero-order chi connectivity index (χ0) is 16.2. The van der Waals surface area contributed by atoms with E-state index in [-0.39, 0.29) is 62.0 Å². The van der Waals surface area contributed by atoms with E-state index < -0.39 is 0 Å². The van der Waals surface area contributed by atoms with Gasteiger partial charge in [0.2, 0.25) is 0 Å². The van der Waals surface area contributed by atoms with Crippen molar-refractivity contribution < 1.29 is 62.0 Å². The van der Waals surface area contributed by atoms with Gasteiger partial charge in [0, 0.05) is 0 Å². The van der Waals surface area contributed by atoms with Gasteiger partial charge in [-0.15, -0.1) is 0 Å². The van der Waals surface area contributed by atoms with Gasteiger partial charge in [-0.2, -0.15) is 0 Å². The summed E-state index contributed by atoms with van der Waals surface area (Å²) in [6.45, 7) is 0. The molecule has 0 saturated carbocycles. The summed E-state index contributed by atoms with van der Waals surface area (Å²) in [5.74, 6) is 0. The minimum absolute atomic E-state index is 0. The van der Waals surface area contributed by atoms with Gasteiger partial charge in [0.1, 0.15) is 0 Å². The molecule has 0 amide bonds. The Labute approximate surface area is 202 Å². The first kappa shape index (κ1) is 21.2. The Morgan fingerprint density at radius 2 is 0.692 bits per heavy atom. The first-order valence-electron chi connectivity index (χ1n) is 8.23. The molecule has 0 fully saturated rings. The number of hydrogen-bond donors (Lipinski definition) is 0. The average Bonchev–Trinajstić information content (AvgIpc) is 2.69. The zero-order valence-corrected chi connectivity index (χ0v) is 19.4. The van der Waals surface area contributed by atoms with E-state index in [1.807, 2.05) is 0 Å².